The number of carbonyl (C=O) groups excluding carboxylic acids is 1. The van der Waals surface area contributed by atoms with Crippen LogP contribution in [-0.4, -0.2) is 35.6 Å². The monoisotopic (exact) mass is 402 g/mol. The van der Waals surface area contributed by atoms with E-state index in [0.29, 0.717) is 17.2 Å². The SMILES string of the molecule is Cc1cccn2c(=O)cc(COC(=O)/C(=C/c3ccccc3)n3nnnc3C)nc12. The summed E-state index contributed by atoms with van der Waals surface area (Å²) >= 11 is 0. The number of aromatic nitrogens is 6. The average Bonchev–Trinajstić information content (AvgIpc) is 3.17. The molecule has 9 heteroatoms. The summed E-state index contributed by atoms with van der Waals surface area (Å²) in [5.74, 6) is -0.201. The molecule has 0 unspecified atom stereocenters. The summed E-state index contributed by atoms with van der Waals surface area (Å²) in [6, 6.07) is 14.3. The van der Waals surface area contributed by atoms with Gasteiger partial charge in [-0.25, -0.2) is 9.78 Å². The quantitative estimate of drug-likeness (QED) is 0.372. The number of hydrogen-bond acceptors (Lipinski definition) is 7. The molecule has 0 spiro atoms. The maximum Gasteiger partial charge on any atom is 0.357 e. The first kappa shape index (κ1) is 19.2. The fourth-order valence-electron chi connectivity index (χ4n) is 2.96. The van der Waals surface area contributed by atoms with Gasteiger partial charge in [0.15, 0.2) is 11.5 Å². The summed E-state index contributed by atoms with van der Waals surface area (Å²) in [5, 5.41) is 11.3. The van der Waals surface area contributed by atoms with Gasteiger partial charge in [0.05, 0.1) is 5.69 Å². The number of benzene rings is 1. The topological polar surface area (TPSA) is 104 Å². The first-order valence-electron chi connectivity index (χ1n) is 9.20. The summed E-state index contributed by atoms with van der Waals surface area (Å²) in [6.07, 6.45) is 3.28. The van der Waals surface area contributed by atoms with Crippen LogP contribution in [0.15, 0.2) is 59.5 Å². The summed E-state index contributed by atoms with van der Waals surface area (Å²) in [4.78, 5) is 29.7. The molecule has 0 atom stereocenters. The predicted octanol–water partition coefficient (Wildman–Crippen LogP) is 2.04. The van der Waals surface area contributed by atoms with Gasteiger partial charge in [0.2, 0.25) is 0 Å². The highest BCUT2D eigenvalue weighted by molar-refractivity contribution is 6.15. The van der Waals surface area contributed by atoms with Crippen LogP contribution in [0.3, 0.4) is 0 Å². The lowest BCUT2D eigenvalue weighted by Gasteiger charge is -2.10. The number of esters is 1. The largest absolute Gasteiger partial charge is 0.454 e. The molecule has 0 N–H and O–H groups in total. The maximum absolute atomic E-state index is 12.9. The van der Waals surface area contributed by atoms with Crippen LogP contribution in [0.1, 0.15) is 22.6 Å². The second-order valence-corrected chi connectivity index (χ2v) is 6.62. The Morgan fingerprint density at radius 2 is 1.93 bits per heavy atom. The lowest BCUT2D eigenvalue weighted by Crippen LogP contribution is -2.18. The van der Waals surface area contributed by atoms with Crippen molar-refractivity contribution in [2.45, 2.75) is 20.5 Å². The summed E-state index contributed by atoms with van der Waals surface area (Å²) in [5.41, 5.74) is 2.42. The van der Waals surface area contributed by atoms with E-state index in [1.165, 1.54) is 15.1 Å². The number of tetrazole rings is 1. The molecule has 0 bridgehead atoms. The third-order valence-corrected chi connectivity index (χ3v) is 4.46. The third-order valence-electron chi connectivity index (χ3n) is 4.46. The van der Waals surface area contributed by atoms with E-state index in [1.807, 2.05) is 43.3 Å². The number of aryl methyl sites for hydroxylation is 2. The molecule has 0 fully saturated rings. The second-order valence-electron chi connectivity index (χ2n) is 6.62. The van der Waals surface area contributed by atoms with Gasteiger partial charge in [-0.15, -0.1) is 5.10 Å². The highest BCUT2D eigenvalue weighted by atomic mass is 16.5. The van der Waals surface area contributed by atoms with E-state index >= 15 is 0 Å². The van der Waals surface area contributed by atoms with Gasteiger partial charge < -0.3 is 4.74 Å². The molecule has 1 aromatic carbocycles. The summed E-state index contributed by atoms with van der Waals surface area (Å²) in [6.45, 7) is 3.38. The molecule has 30 heavy (non-hydrogen) atoms. The summed E-state index contributed by atoms with van der Waals surface area (Å²) in [7, 11) is 0. The van der Waals surface area contributed by atoms with Crippen molar-refractivity contribution >= 4 is 23.4 Å². The van der Waals surface area contributed by atoms with Gasteiger partial charge in [-0.3, -0.25) is 9.20 Å². The van der Waals surface area contributed by atoms with Crippen LogP contribution in [0.5, 0.6) is 0 Å². The Balaban J connectivity index is 1.63. The zero-order valence-corrected chi connectivity index (χ0v) is 16.4. The van der Waals surface area contributed by atoms with Gasteiger partial charge in [-0.1, -0.05) is 36.4 Å². The molecule has 9 nitrogen and oxygen atoms in total. The van der Waals surface area contributed by atoms with Gasteiger partial charge in [0.25, 0.3) is 5.56 Å². The molecule has 0 aliphatic carbocycles. The van der Waals surface area contributed by atoms with Crippen LogP contribution >= 0.6 is 0 Å². The third kappa shape index (κ3) is 3.86. The van der Waals surface area contributed by atoms with Crippen LogP contribution in [-0.2, 0) is 16.1 Å². The Morgan fingerprint density at radius 1 is 1.13 bits per heavy atom. The van der Waals surface area contributed by atoms with Gasteiger partial charge in [0.1, 0.15) is 12.3 Å². The number of ether oxygens (including phenoxy) is 1. The molecule has 0 saturated carbocycles. The van der Waals surface area contributed by atoms with Crippen molar-refractivity contribution in [1.82, 2.24) is 29.6 Å². The van der Waals surface area contributed by atoms with Crippen molar-refractivity contribution in [3.63, 3.8) is 0 Å². The van der Waals surface area contributed by atoms with Gasteiger partial charge in [-0.05, 0) is 47.5 Å². The zero-order chi connectivity index (χ0) is 21.1. The van der Waals surface area contributed by atoms with Crippen molar-refractivity contribution in [2.75, 3.05) is 0 Å². The normalized spacial score (nSPS) is 11.6. The van der Waals surface area contributed by atoms with E-state index in [4.69, 9.17) is 4.74 Å². The molecule has 3 aromatic heterocycles. The second kappa shape index (κ2) is 8.08. The first-order chi connectivity index (χ1) is 14.5. The van der Waals surface area contributed by atoms with Crippen molar-refractivity contribution in [3.8, 4) is 0 Å². The first-order valence-corrected chi connectivity index (χ1v) is 9.20. The minimum absolute atomic E-state index is 0.150. The maximum atomic E-state index is 12.9. The van der Waals surface area contributed by atoms with Gasteiger partial charge in [-0.2, -0.15) is 4.68 Å². The molecular weight excluding hydrogens is 384 g/mol. The molecule has 0 radical (unpaired) electrons. The van der Waals surface area contributed by atoms with E-state index in [1.54, 1.807) is 25.3 Å². The van der Waals surface area contributed by atoms with E-state index in [2.05, 4.69) is 20.5 Å². The fraction of sp³-hybridized carbons (Fsp3) is 0.143. The van der Waals surface area contributed by atoms with E-state index in [0.717, 1.165) is 11.1 Å². The van der Waals surface area contributed by atoms with E-state index in [-0.39, 0.29) is 17.9 Å². The van der Waals surface area contributed by atoms with Crippen molar-refractivity contribution in [1.29, 1.82) is 0 Å². The van der Waals surface area contributed by atoms with E-state index in [9.17, 15) is 9.59 Å². The minimum atomic E-state index is -0.638. The molecule has 4 aromatic rings. The lowest BCUT2D eigenvalue weighted by molar-refractivity contribution is -0.138. The molecule has 150 valence electrons. The van der Waals surface area contributed by atoms with E-state index < -0.39 is 5.97 Å². The molecule has 0 aliphatic rings. The van der Waals surface area contributed by atoms with Crippen LogP contribution < -0.4 is 5.56 Å². The zero-order valence-electron chi connectivity index (χ0n) is 16.4. The number of fused-ring (bicyclic) bond motifs is 1. The Bertz CT molecular complexity index is 1310. The lowest BCUT2D eigenvalue weighted by atomic mass is 10.2. The molecule has 0 saturated heterocycles. The molecule has 0 aliphatic heterocycles. The average molecular weight is 402 g/mol. The number of rotatable bonds is 5. The standard InChI is InChI=1S/C21H18N6O3/c1-14-7-6-10-26-19(28)12-17(22-20(14)26)13-30-21(29)18(27-15(2)23-24-25-27)11-16-8-4-3-5-9-16/h3-12H,13H2,1-2H3/b18-11-. The smallest absolute Gasteiger partial charge is 0.357 e. The van der Waals surface area contributed by atoms with Crippen molar-refractivity contribution < 1.29 is 9.53 Å². The molecule has 0 amide bonds. The number of pyridine rings is 1. The van der Waals surface area contributed by atoms with Crippen LogP contribution in [0.4, 0.5) is 0 Å². The van der Waals surface area contributed by atoms with Crippen LogP contribution in [0, 0.1) is 13.8 Å². The minimum Gasteiger partial charge on any atom is -0.454 e. The molecular formula is C21H18N6O3. The molecule has 3 heterocycles. The number of hydrogen-bond donors (Lipinski definition) is 0. The predicted molar refractivity (Wildman–Crippen MR) is 109 cm³/mol. The highest BCUT2D eigenvalue weighted by Crippen LogP contribution is 2.15. The molecule has 4 rings (SSSR count). The van der Waals surface area contributed by atoms with Gasteiger partial charge in [0, 0.05) is 12.3 Å². The number of nitrogens with zero attached hydrogens (tertiary/aromatic N) is 6. The Hall–Kier alpha value is -4.14. The van der Waals surface area contributed by atoms with Crippen LogP contribution in [0.25, 0.3) is 17.4 Å². The Morgan fingerprint density at radius 3 is 2.67 bits per heavy atom. The number of carbonyl (C=O) groups is 1. The van der Waals surface area contributed by atoms with Crippen molar-refractivity contribution in [3.05, 3.63) is 87.7 Å². The van der Waals surface area contributed by atoms with Crippen LogP contribution in [0.2, 0.25) is 0 Å². The highest BCUT2D eigenvalue weighted by Gasteiger charge is 2.18. The fourth-order valence-corrected chi connectivity index (χ4v) is 2.96. The van der Waals surface area contributed by atoms with Gasteiger partial charge >= 0.3 is 5.97 Å². The van der Waals surface area contributed by atoms with Crippen molar-refractivity contribution in [2.24, 2.45) is 0 Å². The Labute approximate surface area is 171 Å². The summed E-state index contributed by atoms with van der Waals surface area (Å²) < 4.78 is 8.21. The Kier molecular flexibility index (Phi) is 5.17.